The second-order valence-electron chi connectivity index (χ2n) is 8.42. The summed E-state index contributed by atoms with van der Waals surface area (Å²) in [6.45, 7) is 5.54. The summed E-state index contributed by atoms with van der Waals surface area (Å²) in [6, 6.07) is 18.9. The van der Waals surface area contributed by atoms with Gasteiger partial charge in [0.2, 0.25) is 0 Å². The number of ether oxygens (including phenoxy) is 2. The predicted octanol–water partition coefficient (Wildman–Crippen LogP) is 4.73. The van der Waals surface area contributed by atoms with E-state index in [2.05, 4.69) is 59.5 Å². The fraction of sp³-hybridized carbons (Fsp3) is 0.407. The molecule has 0 saturated heterocycles. The van der Waals surface area contributed by atoms with Gasteiger partial charge in [-0.3, -0.25) is 9.59 Å². The summed E-state index contributed by atoms with van der Waals surface area (Å²) in [7, 11) is 0. The lowest BCUT2D eigenvalue weighted by Gasteiger charge is -2.46. The summed E-state index contributed by atoms with van der Waals surface area (Å²) in [5.41, 5.74) is 3.74. The molecule has 0 unspecified atom stereocenters. The Morgan fingerprint density at radius 2 is 1.62 bits per heavy atom. The van der Waals surface area contributed by atoms with E-state index in [4.69, 9.17) is 9.47 Å². The first kappa shape index (κ1) is 22.1. The highest BCUT2D eigenvalue weighted by Crippen LogP contribution is 2.48. The lowest BCUT2D eigenvalue weighted by molar-refractivity contribution is -0.164. The molecule has 0 aromatic heterocycles. The molecule has 1 aliphatic heterocycles. The van der Waals surface area contributed by atoms with Gasteiger partial charge in [-0.1, -0.05) is 60.7 Å². The third-order valence-electron chi connectivity index (χ3n) is 6.55. The molecule has 0 bridgehead atoms. The fourth-order valence-corrected chi connectivity index (χ4v) is 5.20. The van der Waals surface area contributed by atoms with Crippen molar-refractivity contribution in [1.29, 1.82) is 0 Å². The SMILES string of the molecule is CCOC(=O)C(C(=O)OCC)[C@@H]1C=CC[C@H]2c3ccccc3N(Cc3ccccc3)C[C@H]21. The minimum absolute atomic E-state index is 0.109. The molecule has 168 valence electrons. The standard InChI is InChI=1S/C27H31NO4/c1-3-31-26(29)25(27(30)32-4-2)22-15-10-14-20-21-13-8-9-16-24(21)28(18-23(20)22)17-19-11-6-5-7-12-19/h5-13,15-16,20,22-23,25H,3-4,14,17-18H2,1-2H3/t20-,22+,23+/m0/s1. The van der Waals surface area contributed by atoms with Gasteiger partial charge < -0.3 is 14.4 Å². The maximum Gasteiger partial charge on any atom is 0.320 e. The smallest absolute Gasteiger partial charge is 0.320 e. The van der Waals surface area contributed by atoms with Crippen molar-refractivity contribution in [3.63, 3.8) is 0 Å². The Morgan fingerprint density at radius 3 is 2.31 bits per heavy atom. The zero-order valence-electron chi connectivity index (χ0n) is 18.8. The number of benzene rings is 2. The van der Waals surface area contributed by atoms with Crippen LogP contribution in [0.2, 0.25) is 0 Å². The van der Waals surface area contributed by atoms with Gasteiger partial charge in [-0.05, 0) is 49.3 Å². The van der Waals surface area contributed by atoms with Crippen LogP contribution in [0, 0.1) is 17.8 Å². The summed E-state index contributed by atoms with van der Waals surface area (Å²) < 4.78 is 10.6. The monoisotopic (exact) mass is 433 g/mol. The van der Waals surface area contributed by atoms with Gasteiger partial charge in [0.25, 0.3) is 0 Å². The number of esters is 2. The second-order valence-corrected chi connectivity index (χ2v) is 8.42. The third-order valence-corrected chi connectivity index (χ3v) is 6.55. The summed E-state index contributed by atoms with van der Waals surface area (Å²) in [5, 5.41) is 0. The Morgan fingerprint density at radius 1 is 0.969 bits per heavy atom. The zero-order valence-corrected chi connectivity index (χ0v) is 18.8. The van der Waals surface area contributed by atoms with Gasteiger partial charge in [0.1, 0.15) is 0 Å². The zero-order chi connectivity index (χ0) is 22.5. The van der Waals surface area contributed by atoms with Crippen molar-refractivity contribution in [3.8, 4) is 0 Å². The summed E-state index contributed by atoms with van der Waals surface area (Å²) in [6.07, 6.45) is 5.05. The summed E-state index contributed by atoms with van der Waals surface area (Å²) >= 11 is 0. The molecule has 0 N–H and O–H groups in total. The van der Waals surface area contributed by atoms with E-state index in [-0.39, 0.29) is 31.0 Å². The van der Waals surface area contributed by atoms with Gasteiger partial charge in [0, 0.05) is 24.7 Å². The van der Waals surface area contributed by atoms with Gasteiger partial charge in [-0.25, -0.2) is 0 Å². The second kappa shape index (κ2) is 10.0. The van der Waals surface area contributed by atoms with Crippen LogP contribution in [0.25, 0.3) is 0 Å². The Hall–Kier alpha value is -3.08. The fourth-order valence-electron chi connectivity index (χ4n) is 5.20. The minimum atomic E-state index is -0.942. The van der Waals surface area contributed by atoms with Gasteiger partial charge in [-0.15, -0.1) is 0 Å². The number of hydrogen-bond acceptors (Lipinski definition) is 5. The maximum absolute atomic E-state index is 12.9. The number of nitrogens with zero attached hydrogens (tertiary/aromatic N) is 1. The summed E-state index contributed by atoms with van der Waals surface area (Å²) in [4.78, 5) is 28.1. The number of fused-ring (bicyclic) bond motifs is 3. The molecule has 2 aromatic carbocycles. The molecule has 0 spiro atoms. The quantitative estimate of drug-likeness (QED) is 0.359. The maximum atomic E-state index is 12.9. The van der Waals surface area contributed by atoms with E-state index in [1.54, 1.807) is 13.8 Å². The van der Waals surface area contributed by atoms with Crippen LogP contribution in [0.15, 0.2) is 66.7 Å². The molecular formula is C27H31NO4. The molecule has 0 radical (unpaired) electrons. The number of carbonyl (C=O) groups excluding carboxylic acids is 2. The van der Waals surface area contributed by atoms with Crippen molar-refractivity contribution in [2.24, 2.45) is 17.8 Å². The highest BCUT2D eigenvalue weighted by molar-refractivity contribution is 5.95. The van der Waals surface area contributed by atoms with Crippen LogP contribution in [0.5, 0.6) is 0 Å². The third kappa shape index (κ3) is 4.43. The largest absolute Gasteiger partial charge is 0.465 e. The van der Waals surface area contributed by atoms with Crippen molar-refractivity contribution in [1.82, 2.24) is 0 Å². The first-order valence-corrected chi connectivity index (χ1v) is 11.5. The topological polar surface area (TPSA) is 55.8 Å². The van der Waals surface area contributed by atoms with Gasteiger partial charge in [-0.2, -0.15) is 0 Å². The number of anilines is 1. The van der Waals surface area contributed by atoms with Crippen molar-refractivity contribution < 1.29 is 19.1 Å². The van der Waals surface area contributed by atoms with Gasteiger partial charge in [0.15, 0.2) is 5.92 Å². The Balaban J connectivity index is 1.70. The molecule has 2 aromatic rings. The predicted molar refractivity (Wildman–Crippen MR) is 124 cm³/mol. The minimum Gasteiger partial charge on any atom is -0.465 e. The Labute approximate surface area is 190 Å². The number of allylic oxidation sites excluding steroid dienone is 2. The molecular weight excluding hydrogens is 402 g/mol. The van der Waals surface area contributed by atoms with Crippen LogP contribution in [0.4, 0.5) is 5.69 Å². The Kier molecular flexibility index (Phi) is 6.93. The van der Waals surface area contributed by atoms with Crippen LogP contribution in [-0.2, 0) is 25.6 Å². The van der Waals surface area contributed by atoms with Crippen LogP contribution in [-0.4, -0.2) is 31.7 Å². The number of para-hydroxylation sites is 1. The Bertz CT molecular complexity index is 953. The average Bonchev–Trinajstić information content (AvgIpc) is 2.81. The van der Waals surface area contributed by atoms with Gasteiger partial charge >= 0.3 is 11.9 Å². The molecule has 4 rings (SSSR count). The van der Waals surface area contributed by atoms with E-state index in [9.17, 15) is 9.59 Å². The van der Waals surface area contributed by atoms with E-state index < -0.39 is 17.9 Å². The molecule has 5 nitrogen and oxygen atoms in total. The summed E-state index contributed by atoms with van der Waals surface area (Å²) in [5.74, 6) is -1.83. The number of rotatable bonds is 7. The highest BCUT2D eigenvalue weighted by atomic mass is 16.6. The van der Waals surface area contributed by atoms with Gasteiger partial charge in [0.05, 0.1) is 13.2 Å². The lowest BCUT2D eigenvalue weighted by atomic mass is 9.66. The van der Waals surface area contributed by atoms with Crippen LogP contribution < -0.4 is 4.90 Å². The van der Waals surface area contributed by atoms with E-state index in [1.165, 1.54) is 16.8 Å². The first-order chi connectivity index (χ1) is 15.6. The van der Waals surface area contributed by atoms with E-state index >= 15 is 0 Å². The van der Waals surface area contributed by atoms with E-state index in [0.29, 0.717) is 0 Å². The average molecular weight is 434 g/mol. The molecule has 3 atom stereocenters. The molecule has 5 heteroatoms. The van der Waals surface area contributed by atoms with Crippen molar-refractivity contribution in [2.75, 3.05) is 24.7 Å². The molecule has 2 aliphatic rings. The lowest BCUT2D eigenvalue weighted by Crippen LogP contribution is -2.47. The molecule has 0 fully saturated rings. The molecule has 0 saturated carbocycles. The van der Waals surface area contributed by atoms with E-state index in [0.717, 1.165) is 19.5 Å². The van der Waals surface area contributed by atoms with Crippen molar-refractivity contribution in [2.45, 2.75) is 32.7 Å². The molecule has 1 heterocycles. The van der Waals surface area contributed by atoms with Crippen LogP contribution in [0.3, 0.4) is 0 Å². The van der Waals surface area contributed by atoms with Crippen molar-refractivity contribution in [3.05, 3.63) is 77.9 Å². The number of hydrogen-bond donors (Lipinski definition) is 0. The highest BCUT2D eigenvalue weighted by Gasteiger charge is 2.47. The first-order valence-electron chi connectivity index (χ1n) is 11.5. The van der Waals surface area contributed by atoms with Crippen LogP contribution in [0.1, 0.15) is 37.3 Å². The number of carbonyl (C=O) groups is 2. The molecule has 0 amide bonds. The normalized spacial score (nSPS) is 21.6. The molecule has 32 heavy (non-hydrogen) atoms. The van der Waals surface area contributed by atoms with Crippen molar-refractivity contribution >= 4 is 17.6 Å². The van der Waals surface area contributed by atoms with E-state index in [1.807, 2.05) is 12.1 Å². The van der Waals surface area contributed by atoms with Crippen LogP contribution >= 0.6 is 0 Å². The molecule has 1 aliphatic carbocycles.